The maximum atomic E-state index is 10.2. The molecule has 0 heterocycles. The van der Waals surface area contributed by atoms with Crippen molar-refractivity contribution in [3.05, 3.63) is 0 Å². The number of hydrogen-bond acceptors (Lipinski definition) is 5. The van der Waals surface area contributed by atoms with Crippen molar-refractivity contribution in [3.8, 4) is 0 Å². The smallest absolute Gasteiger partial charge is 0.747 e. The van der Waals surface area contributed by atoms with E-state index in [0.29, 0.717) is 6.54 Å². The minimum absolute atomic E-state index is 0. The summed E-state index contributed by atoms with van der Waals surface area (Å²) in [6.07, 6.45) is 0. The molecule has 12 heavy (non-hydrogen) atoms. The number of nitrogens with zero attached hydrogens (tertiary/aromatic N) is 1. The topological polar surface area (TPSA) is 80.7 Å². The predicted molar refractivity (Wildman–Crippen MR) is 38.9 cm³/mol. The van der Waals surface area contributed by atoms with Gasteiger partial charge in [0.1, 0.15) is 10.1 Å². The Balaban J connectivity index is 0. The molecule has 1 N–H and O–H groups in total. The van der Waals surface area contributed by atoms with Crippen molar-refractivity contribution in [3.63, 3.8) is 0 Å². The molecule has 0 rings (SSSR count). The molecule has 0 saturated carbocycles. The van der Waals surface area contributed by atoms with E-state index >= 15 is 0 Å². The van der Waals surface area contributed by atoms with Crippen LogP contribution in [0.15, 0.2) is 0 Å². The van der Waals surface area contributed by atoms with Crippen molar-refractivity contribution in [2.45, 2.75) is 6.92 Å². The Labute approximate surface area is 94.8 Å². The molecule has 0 saturated heterocycles. The van der Waals surface area contributed by atoms with Gasteiger partial charge < -0.3 is 9.66 Å². The monoisotopic (exact) mass is 205 g/mol. The van der Waals surface area contributed by atoms with Gasteiger partial charge in [0.2, 0.25) is 0 Å². The number of aliphatic hydroxyl groups is 1. The minimum atomic E-state index is -4.19. The van der Waals surface area contributed by atoms with Gasteiger partial charge in [0.05, 0.1) is 12.5 Å². The van der Waals surface area contributed by atoms with Gasteiger partial charge in [0.25, 0.3) is 0 Å². The first-order chi connectivity index (χ1) is 4.99. The van der Waals surface area contributed by atoms with Gasteiger partial charge in [-0.2, -0.15) is 0 Å². The SMILES string of the molecule is CCN(CCO)CS(=O)(=O)[O-].[Na+]. The molecule has 0 spiro atoms. The number of aliphatic hydroxyl groups excluding tert-OH is 1. The molecule has 0 aromatic heterocycles. The molecular weight excluding hydrogens is 193 g/mol. The Kier molecular flexibility index (Phi) is 9.25. The molecule has 0 radical (unpaired) electrons. The Morgan fingerprint density at radius 1 is 1.50 bits per heavy atom. The molecule has 0 unspecified atom stereocenters. The van der Waals surface area contributed by atoms with Crippen LogP contribution in [0.4, 0.5) is 0 Å². The summed E-state index contributed by atoms with van der Waals surface area (Å²) in [6.45, 7) is 2.25. The Morgan fingerprint density at radius 3 is 2.25 bits per heavy atom. The van der Waals surface area contributed by atoms with Gasteiger partial charge in [-0.1, -0.05) is 6.92 Å². The van der Waals surface area contributed by atoms with Crippen LogP contribution in [0.3, 0.4) is 0 Å². The van der Waals surface area contributed by atoms with Crippen molar-refractivity contribution in [2.75, 3.05) is 25.6 Å². The van der Waals surface area contributed by atoms with Crippen LogP contribution in [0.25, 0.3) is 0 Å². The minimum Gasteiger partial charge on any atom is -0.747 e. The van der Waals surface area contributed by atoms with Crippen LogP contribution in [0.5, 0.6) is 0 Å². The second-order valence-corrected chi connectivity index (χ2v) is 3.49. The average Bonchev–Trinajstić information content (AvgIpc) is 1.84. The van der Waals surface area contributed by atoms with Crippen LogP contribution in [0.1, 0.15) is 6.92 Å². The van der Waals surface area contributed by atoms with Crippen LogP contribution >= 0.6 is 0 Å². The van der Waals surface area contributed by atoms with Gasteiger partial charge in [0.15, 0.2) is 0 Å². The third-order valence-electron chi connectivity index (χ3n) is 1.20. The van der Waals surface area contributed by atoms with Crippen LogP contribution in [-0.2, 0) is 10.1 Å². The van der Waals surface area contributed by atoms with E-state index in [4.69, 9.17) is 5.11 Å². The number of hydrogen-bond donors (Lipinski definition) is 1. The molecule has 0 aliphatic rings. The third-order valence-corrected chi connectivity index (χ3v) is 1.89. The van der Waals surface area contributed by atoms with Gasteiger partial charge in [-0.05, 0) is 6.54 Å². The van der Waals surface area contributed by atoms with Crippen LogP contribution in [0.2, 0.25) is 0 Å². The van der Waals surface area contributed by atoms with Gasteiger partial charge in [-0.25, -0.2) is 8.42 Å². The molecule has 0 amide bonds. The van der Waals surface area contributed by atoms with Crippen molar-refractivity contribution in [1.29, 1.82) is 0 Å². The predicted octanol–water partition coefficient (Wildman–Crippen LogP) is -4.19. The Bertz CT molecular complexity index is 194. The summed E-state index contributed by atoms with van der Waals surface area (Å²) in [7, 11) is -4.19. The van der Waals surface area contributed by atoms with Crippen molar-refractivity contribution < 1.29 is 47.6 Å². The number of rotatable bonds is 5. The van der Waals surface area contributed by atoms with E-state index in [1.54, 1.807) is 6.92 Å². The first kappa shape index (κ1) is 15.3. The summed E-state index contributed by atoms with van der Waals surface area (Å²) in [4.78, 5) is 1.36. The first-order valence-corrected chi connectivity index (χ1v) is 4.84. The van der Waals surface area contributed by atoms with Crippen molar-refractivity contribution >= 4 is 10.1 Å². The quantitative estimate of drug-likeness (QED) is 0.363. The summed E-state index contributed by atoms with van der Waals surface area (Å²) in [5, 5.41) is 8.43. The molecule has 5 nitrogen and oxygen atoms in total. The molecule has 0 atom stereocenters. The second kappa shape index (κ2) is 7.25. The van der Waals surface area contributed by atoms with E-state index < -0.39 is 16.0 Å². The normalized spacial score (nSPS) is 11.3. The largest absolute Gasteiger partial charge is 1.00 e. The molecule has 0 aromatic carbocycles. The summed E-state index contributed by atoms with van der Waals surface area (Å²) >= 11 is 0. The third kappa shape index (κ3) is 8.92. The summed E-state index contributed by atoms with van der Waals surface area (Å²) < 4.78 is 30.6. The molecule has 0 aliphatic heterocycles. The Morgan fingerprint density at radius 2 is 2.00 bits per heavy atom. The zero-order valence-corrected chi connectivity index (χ0v) is 10.2. The van der Waals surface area contributed by atoms with Crippen LogP contribution in [-0.4, -0.2) is 48.6 Å². The maximum absolute atomic E-state index is 10.2. The van der Waals surface area contributed by atoms with E-state index in [0.717, 1.165) is 0 Å². The van der Waals surface area contributed by atoms with Crippen molar-refractivity contribution in [1.82, 2.24) is 4.90 Å². The first-order valence-electron chi connectivity index (χ1n) is 3.26. The van der Waals surface area contributed by atoms with E-state index in [2.05, 4.69) is 0 Å². The fourth-order valence-corrected chi connectivity index (χ4v) is 1.44. The molecule has 68 valence electrons. The zero-order chi connectivity index (χ0) is 8.91. The summed E-state index contributed by atoms with van der Waals surface area (Å²) in [5.74, 6) is -0.524. The molecular formula is C5H12NNaO4S. The van der Waals surface area contributed by atoms with Gasteiger partial charge in [-0.15, -0.1) is 0 Å². The molecule has 0 fully saturated rings. The van der Waals surface area contributed by atoms with Crippen LogP contribution in [0, 0.1) is 0 Å². The number of likely N-dealkylation sites (N-methyl/N-ethyl adjacent to an activating group) is 1. The van der Waals surface area contributed by atoms with Gasteiger partial charge in [0, 0.05) is 6.54 Å². The Hall–Kier alpha value is 0.830. The van der Waals surface area contributed by atoms with E-state index in [9.17, 15) is 13.0 Å². The van der Waals surface area contributed by atoms with Crippen LogP contribution < -0.4 is 29.6 Å². The standard InChI is InChI=1S/C5H13NO4S.Na/c1-2-6(3-4-7)5-11(8,9)10;/h7H,2-5H2,1H3,(H,8,9,10);/q;+1/p-1. The summed E-state index contributed by atoms with van der Waals surface area (Å²) in [6, 6.07) is 0. The average molecular weight is 205 g/mol. The second-order valence-electron chi connectivity index (χ2n) is 2.12. The fraction of sp³-hybridized carbons (Fsp3) is 1.00. The van der Waals surface area contributed by atoms with E-state index in [1.807, 2.05) is 0 Å². The van der Waals surface area contributed by atoms with Gasteiger partial charge >= 0.3 is 29.6 Å². The molecule has 0 aromatic rings. The van der Waals surface area contributed by atoms with Crippen molar-refractivity contribution in [2.24, 2.45) is 0 Å². The zero-order valence-electron chi connectivity index (χ0n) is 7.36. The van der Waals surface area contributed by atoms with E-state index in [-0.39, 0.29) is 42.7 Å². The molecule has 0 aliphatic carbocycles. The van der Waals surface area contributed by atoms with Gasteiger partial charge in [-0.3, -0.25) is 4.90 Å². The fourth-order valence-electron chi connectivity index (χ4n) is 0.679. The summed E-state index contributed by atoms with van der Waals surface area (Å²) in [5.41, 5.74) is 0. The van der Waals surface area contributed by atoms with E-state index in [1.165, 1.54) is 4.90 Å². The molecule has 7 heteroatoms. The molecule has 0 bridgehead atoms. The maximum Gasteiger partial charge on any atom is 1.00 e.